The summed E-state index contributed by atoms with van der Waals surface area (Å²) in [5.41, 5.74) is 3.36. The molecule has 0 bridgehead atoms. The van der Waals surface area contributed by atoms with E-state index in [2.05, 4.69) is 29.7 Å². The van der Waals surface area contributed by atoms with Gasteiger partial charge in [-0.3, -0.25) is 4.79 Å². The van der Waals surface area contributed by atoms with Crippen LogP contribution in [0.2, 0.25) is 0 Å². The quantitative estimate of drug-likeness (QED) is 0.824. The lowest BCUT2D eigenvalue weighted by molar-refractivity contribution is -0.115. The van der Waals surface area contributed by atoms with Crippen molar-refractivity contribution in [3.05, 3.63) is 23.3 Å². The maximum atomic E-state index is 11.8. The van der Waals surface area contributed by atoms with Crippen LogP contribution in [0.1, 0.15) is 11.1 Å². The molecule has 1 aliphatic heterocycles. The number of amides is 1. The Morgan fingerprint density at radius 2 is 2.19 bits per heavy atom. The minimum absolute atomic E-state index is 0.0290. The summed E-state index contributed by atoms with van der Waals surface area (Å²) >= 11 is 1.64. The zero-order chi connectivity index (χ0) is 11.7. The normalized spacial score (nSPS) is 19.2. The molecule has 1 aliphatic rings. The topological polar surface area (TPSA) is 41.1 Å². The predicted octanol–water partition coefficient (Wildman–Crippen LogP) is 1.94. The molecule has 1 aromatic carbocycles. The highest BCUT2D eigenvalue weighted by atomic mass is 32.2. The highest BCUT2D eigenvalue weighted by molar-refractivity contribution is 8.01. The van der Waals surface area contributed by atoms with Crippen molar-refractivity contribution in [2.75, 3.05) is 18.9 Å². The molecule has 0 spiro atoms. The van der Waals surface area contributed by atoms with Crippen molar-refractivity contribution in [3.8, 4) is 0 Å². The number of rotatable bonds is 2. The van der Waals surface area contributed by atoms with Gasteiger partial charge in [0.2, 0.25) is 5.91 Å². The maximum absolute atomic E-state index is 11.8. The lowest BCUT2D eigenvalue weighted by Gasteiger charge is -2.25. The van der Waals surface area contributed by atoms with E-state index in [1.165, 1.54) is 10.5 Å². The van der Waals surface area contributed by atoms with Crippen LogP contribution >= 0.6 is 11.8 Å². The first-order valence-corrected chi connectivity index (χ1v) is 6.23. The Balaban J connectivity index is 2.35. The number of aryl methyl sites for hydroxylation is 2. The van der Waals surface area contributed by atoms with E-state index in [0.717, 1.165) is 11.3 Å². The number of carbonyl (C=O) groups excluding carboxylic acids is 1. The van der Waals surface area contributed by atoms with Gasteiger partial charge in [0.05, 0.1) is 5.69 Å². The minimum Gasteiger partial charge on any atom is -0.324 e. The fourth-order valence-corrected chi connectivity index (χ4v) is 3.22. The molecule has 4 heteroatoms. The van der Waals surface area contributed by atoms with Crippen molar-refractivity contribution in [3.63, 3.8) is 0 Å². The highest BCUT2D eigenvalue weighted by Gasteiger charge is 2.27. The average Bonchev–Trinajstić information content (AvgIpc) is 2.21. The molecule has 3 nitrogen and oxygen atoms in total. The van der Waals surface area contributed by atoms with Crippen LogP contribution in [0, 0.1) is 13.8 Å². The van der Waals surface area contributed by atoms with Crippen molar-refractivity contribution in [2.24, 2.45) is 0 Å². The largest absolute Gasteiger partial charge is 0.324 e. The molecule has 0 radical (unpaired) electrons. The summed E-state index contributed by atoms with van der Waals surface area (Å²) in [6.45, 7) is 4.81. The molecule has 1 amide bonds. The maximum Gasteiger partial charge on any atom is 0.239 e. The smallest absolute Gasteiger partial charge is 0.239 e. The Bertz CT molecular complexity index is 431. The number of benzene rings is 1. The second kappa shape index (κ2) is 4.47. The van der Waals surface area contributed by atoms with Crippen molar-refractivity contribution in [2.45, 2.75) is 24.0 Å². The van der Waals surface area contributed by atoms with E-state index in [9.17, 15) is 4.79 Å². The summed E-state index contributed by atoms with van der Waals surface area (Å²) in [7, 11) is 1.87. The Morgan fingerprint density at radius 1 is 1.44 bits per heavy atom. The molecular weight excluding hydrogens is 220 g/mol. The molecule has 1 unspecified atom stereocenters. The van der Waals surface area contributed by atoms with E-state index in [1.807, 2.05) is 14.0 Å². The molecule has 1 heterocycles. The first-order valence-electron chi connectivity index (χ1n) is 5.35. The first kappa shape index (κ1) is 11.5. The van der Waals surface area contributed by atoms with E-state index in [1.54, 1.807) is 11.8 Å². The molecule has 1 aromatic rings. The van der Waals surface area contributed by atoms with E-state index in [4.69, 9.17) is 0 Å². The summed E-state index contributed by atoms with van der Waals surface area (Å²) in [5.74, 6) is 0.0961. The Labute approximate surface area is 100.0 Å². The summed E-state index contributed by atoms with van der Waals surface area (Å²) in [6, 6.07) is 4.23. The van der Waals surface area contributed by atoms with Gasteiger partial charge >= 0.3 is 0 Å². The molecule has 1 atom stereocenters. The molecule has 16 heavy (non-hydrogen) atoms. The van der Waals surface area contributed by atoms with Crippen LogP contribution in [-0.2, 0) is 4.79 Å². The first-order chi connectivity index (χ1) is 7.61. The van der Waals surface area contributed by atoms with Crippen LogP contribution in [0.5, 0.6) is 0 Å². The lowest BCUT2D eigenvalue weighted by atomic mass is 10.1. The molecule has 0 saturated heterocycles. The van der Waals surface area contributed by atoms with Crippen molar-refractivity contribution < 1.29 is 4.79 Å². The minimum atomic E-state index is -0.0290. The Hall–Kier alpha value is -1.00. The van der Waals surface area contributed by atoms with Gasteiger partial charge in [0.15, 0.2) is 0 Å². The Morgan fingerprint density at radius 3 is 2.88 bits per heavy atom. The summed E-state index contributed by atoms with van der Waals surface area (Å²) in [4.78, 5) is 13.0. The Kier molecular flexibility index (Phi) is 3.21. The van der Waals surface area contributed by atoms with Crippen LogP contribution in [0.3, 0.4) is 0 Å². The molecule has 0 saturated carbocycles. The van der Waals surface area contributed by atoms with Crippen LogP contribution in [0.15, 0.2) is 17.0 Å². The number of hydrogen-bond acceptors (Lipinski definition) is 3. The van der Waals surface area contributed by atoms with Crippen LogP contribution in [-0.4, -0.2) is 24.7 Å². The van der Waals surface area contributed by atoms with E-state index < -0.39 is 0 Å². The molecule has 86 valence electrons. The summed E-state index contributed by atoms with van der Waals surface area (Å²) in [6.07, 6.45) is 0. The highest BCUT2D eigenvalue weighted by Crippen LogP contribution is 2.38. The summed E-state index contributed by atoms with van der Waals surface area (Å²) in [5, 5.41) is 6.01. The van der Waals surface area contributed by atoms with Crippen LogP contribution in [0.25, 0.3) is 0 Å². The number of fused-ring (bicyclic) bond motifs is 1. The SMILES string of the molecule is CNCC1Sc2cc(C)cc(C)c2NC1=O. The van der Waals surface area contributed by atoms with Gasteiger partial charge in [0.25, 0.3) is 0 Å². The van der Waals surface area contributed by atoms with Gasteiger partial charge < -0.3 is 10.6 Å². The van der Waals surface area contributed by atoms with Crippen molar-refractivity contribution in [1.29, 1.82) is 0 Å². The molecular formula is C12H16N2OS. The van der Waals surface area contributed by atoms with Gasteiger partial charge in [0, 0.05) is 11.4 Å². The molecule has 0 aliphatic carbocycles. The number of hydrogen-bond donors (Lipinski definition) is 2. The third-order valence-electron chi connectivity index (χ3n) is 2.64. The predicted molar refractivity (Wildman–Crippen MR) is 68.1 cm³/mol. The van der Waals surface area contributed by atoms with Gasteiger partial charge in [-0.15, -0.1) is 11.8 Å². The fourth-order valence-electron chi connectivity index (χ4n) is 1.91. The number of anilines is 1. The summed E-state index contributed by atoms with van der Waals surface area (Å²) < 4.78 is 0. The van der Waals surface area contributed by atoms with Crippen molar-refractivity contribution in [1.82, 2.24) is 5.32 Å². The standard InChI is InChI=1S/C12H16N2OS/c1-7-4-8(2)11-9(5-7)16-10(6-13-3)12(15)14-11/h4-5,10,13H,6H2,1-3H3,(H,14,15). The van der Waals surface area contributed by atoms with Crippen LogP contribution in [0.4, 0.5) is 5.69 Å². The molecule has 2 N–H and O–H groups in total. The molecule has 0 fully saturated rings. The number of thioether (sulfide) groups is 1. The van der Waals surface area contributed by atoms with Gasteiger partial charge in [-0.05, 0) is 38.1 Å². The van der Waals surface area contributed by atoms with Gasteiger partial charge in [-0.1, -0.05) is 6.07 Å². The number of carbonyl (C=O) groups is 1. The van der Waals surface area contributed by atoms with Gasteiger partial charge in [0.1, 0.15) is 5.25 Å². The number of nitrogens with one attached hydrogen (secondary N) is 2. The molecule has 0 aromatic heterocycles. The van der Waals surface area contributed by atoms with E-state index >= 15 is 0 Å². The van der Waals surface area contributed by atoms with Gasteiger partial charge in [-0.2, -0.15) is 0 Å². The second-order valence-corrected chi connectivity index (χ2v) is 5.35. The van der Waals surface area contributed by atoms with Crippen LogP contribution < -0.4 is 10.6 Å². The van der Waals surface area contributed by atoms with E-state index in [0.29, 0.717) is 6.54 Å². The fraction of sp³-hybridized carbons (Fsp3) is 0.417. The third kappa shape index (κ3) is 2.08. The average molecular weight is 236 g/mol. The van der Waals surface area contributed by atoms with Gasteiger partial charge in [-0.25, -0.2) is 0 Å². The van der Waals surface area contributed by atoms with E-state index in [-0.39, 0.29) is 11.2 Å². The zero-order valence-corrected chi connectivity index (χ0v) is 10.6. The third-order valence-corrected chi connectivity index (χ3v) is 3.88. The second-order valence-electron chi connectivity index (χ2n) is 4.11. The zero-order valence-electron chi connectivity index (χ0n) is 9.76. The van der Waals surface area contributed by atoms with Crippen molar-refractivity contribution >= 4 is 23.4 Å². The monoisotopic (exact) mass is 236 g/mol. The lowest BCUT2D eigenvalue weighted by Crippen LogP contribution is -2.36. The molecule has 2 rings (SSSR count).